The molecular weight excluding hydrogens is 301 g/mol. The van der Waals surface area contributed by atoms with Crippen LogP contribution in [0.2, 0.25) is 10.0 Å². The Morgan fingerprint density at radius 2 is 2.30 bits per heavy atom. The van der Waals surface area contributed by atoms with Crippen molar-refractivity contribution in [1.82, 2.24) is 4.90 Å². The summed E-state index contributed by atoms with van der Waals surface area (Å²) >= 11 is 11.8. The molecule has 1 fully saturated rings. The molecule has 0 saturated carbocycles. The van der Waals surface area contributed by atoms with E-state index in [9.17, 15) is 4.79 Å². The van der Waals surface area contributed by atoms with E-state index < -0.39 is 0 Å². The monoisotopic (exact) mass is 317 g/mol. The third kappa shape index (κ3) is 4.27. The smallest absolute Gasteiger partial charge is 0.260 e. The normalized spacial score (nSPS) is 19.6. The molecule has 1 heterocycles. The second kappa shape index (κ2) is 7.16. The molecule has 0 aromatic heterocycles. The van der Waals surface area contributed by atoms with E-state index in [0.717, 1.165) is 6.42 Å². The van der Waals surface area contributed by atoms with Crippen molar-refractivity contribution in [3.8, 4) is 5.75 Å². The van der Waals surface area contributed by atoms with Crippen LogP contribution in [0.4, 0.5) is 0 Å². The van der Waals surface area contributed by atoms with E-state index in [4.69, 9.17) is 32.7 Å². The van der Waals surface area contributed by atoms with Crippen LogP contribution in [-0.2, 0) is 9.53 Å². The van der Waals surface area contributed by atoms with Gasteiger partial charge in [-0.25, -0.2) is 0 Å². The van der Waals surface area contributed by atoms with Gasteiger partial charge in [-0.2, -0.15) is 0 Å². The van der Waals surface area contributed by atoms with Gasteiger partial charge in [0.25, 0.3) is 5.91 Å². The van der Waals surface area contributed by atoms with E-state index in [1.807, 2.05) is 6.92 Å². The summed E-state index contributed by atoms with van der Waals surface area (Å²) in [4.78, 5) is 13.9. The minimum absolute atomic E-state index is 0.0337. The Bertz CT molecular complexity index is 481. The van der Waals surface area contributed by atoms with E-state index in [0.29, 0.717) is 35.5 Å². The number of amides is 1. The van der Waals surface area contributed by atoms with Gasteiger partial charge in [0.2, 0.25) is 0 Å². The molecule has 1 amide bonds. The van der Waals surface area contributed by atoms with Crippen LogP contribution in [-0.4, -0.2) is 43.2 Å². The molecule has 0 aliphatic carbocycles. The number of halogens is 2. The lowest BCUT2D eigenvalue weighted by molar-refractivity contribution is -0.134. The zero-order chi connectivity index (χ0) is 14.5. The SMILES string of the molecule is CC1CN(C(=O)COc2ccc(Cl)cc2Cl)CCCO1. The number of benzene rings is 1. The number of carbonyl (C=O) groups is 1. The average molecular weight is 318 g/mol. The molecule has 0 spiro atoms. The lowest BCUT2D eigenvalue weighted by atomic mass is 10.3. The number of nitrogens with zero attached hydrogens (tertiary/aromatic N) is 1. The predicted octanol–water partition coefficient (Wildman–Crippen LogP) is 3.01. The molecule has 0 radical (unpaired) electrons. The van der Waals surface area contributed by atoms with Crippen molar-refractivity contribution in [2.75, 3.05) is 26.3 Å². The van der Waals surface area contributed by atoms with Crippen LogP contribution in [0.3, 0.4) is 0 Å². The van der Waals surface area contributed by atoms with Gasteiger partial charge in [0, 0.05) is 24.7 Å². The third-order valence-electron chi connectivity index (χ3n) is 3.05. The van der Waals surface area contributed by atoms with E-state index in [-0.39, 0.29) is 18.6 Å². The Morgan fingerprint density at radius 3 is 3.05 bits per heavy atom. The van der Waals surface area contributed by atoms with E-state index >= 15 is 0 Å². The van der Waals surface area contributed by atoms with Crippen molar-refractivity contribution in [2.45, 2.75) is 19.4 Å². The molecule has 2 rings (SSSR count). The standard InChI is InChI=1S/C14H17Cl2NO3/c1-10-8-17(5-2-6-19-10)14(18)9-20-13-4-3-11(15)7-12(13)16/h3-4,7,10H,2,5-6,8-9H2,1H3. The zero-order valence-electron chi connectivity index (χ0n) is 11.3. The Morgan fingerprint density at radius 1 is 1.50 bits per heavy atom. The second-order valence-corrected chi connectivity index (χ2v) is 5.58. The van der Waals surface area contributed by atoms with Crippen molar-refractivity contribution < 1.29 is 14.3 Å². The molecule has 1 aliphatic rings. The van der Waals surface area contributed by atoms with Crippen LogP contribution < -0.4 is 4.74 Å². The molecular formula is C14H17Cl2NO3. The van der Waals surface area contributed by atoms with Gasteiger partial charge in [0.05, 0.1) is 11.1 Å². The molecule has 0 bridgehead atoms. The lowest BCUT2D eigenvalue weighted by Gasteiger charge is -2.22. The molecule has 1 atom stereocenters. The molecule has 1 aromatic carbocycles. The molecule has 110 valence electrons. The molecule has 1 aliphatic heterocycles. The summed E-state index contributed by atoms with van der Waals surface area (Å²) in [5.74, 6) is 0.400. The maximum absolute atomic E-state index is 12.1. The highest BCUT2D eigenvalue weighted by Crippen LogP contribution is 2.27. The Labute approximate surface area is 128 Å². The predicted molar refractivity (Wildman–Crippen MR) is 78.6 cm³/mol. The molecule has 1 aromatic rings. The van der Waals surface area contributed by atoms with Crippen molar-refractivity contribution in [3.63, 3.8) is 0 Å². The van der Waals surface area contributed by atoms with Crippen molar-refractivity contribution >= 4 is 29.1 Å². The van der Waals surface area contributed by atoms with Gasteiger partial charge in [-0.05, 0) is 31.5 Å². The highest BCUT2D eigenvalue weighted by Gasteiger charge is 2.20. The van der Waals surface area contributed by atoms with Crippen LogP contribution in [0.15, 0.2) is 18.2 Å². The highest BCUT2D eigenvalue weighted by atomic mass is 35.5. The molecule has 20 heavy (non-hydrogen) atoms. The van der Waals surface area contributed by atoms with Crippen molar-refractivity contribution in [1.29, 1.82) is 0 Å². The fraction of sp³-hybridized carbons (Fsp3) is 0.500. The van der Waals surface area contributed by atoms with Gasteiger partial charge in [-0.15, -0.1) is 0 Å². The summed E-state index contributed by atoms with van der Waals surface area (Å²) in [7, 11) is 0. The number of hydrogen-bond donors (Lipinski definition) is 0. The molecule has 4 nitrogen and oxygen atoms in total. The Kier molecular flexibility index (Phi) is 5.52. The topological polar surface area (TPSA) is 38.8 Å². The summed E-state index contributed by atoms with van der Waals surface area (Å²) in [5.41, 5.74) is 0. The fourth-order valence-electron chi connectivity index (χ4n) is 2.04. The zero-order valence-corrected chi connectivity index (χ0v) is 12.8. The maximum Gasteiger partial charge on any atom is 0.260 e. The Hall–Kier alpha value is -0.970. The summed E-state index contributed by atoms with van der Waals surface area (Å²) in [6, 6.07) is 4.92. The van der Waals surface area contributed by atoms with Crippen LogP contribution in [0.1, 0.15) is 13.3 Å². The number of ether oxygens (including phenoxy) is 2. The Balaban J connectivity index is 1.91. The van der Waals surface area contributed by atoms with Gasteiger partial charge in [0.1, 0.15) is 5.75 Å². The molecule has 6 heteroatoms. The number of hydrogen-bond acceptors (Lipinski definition) is 3. The molecule has 0 N–H and O–H groups in total. The second-order valence-electron chi connectivity index (χ2n) is 4.74. The third-order valence-corrected chi connectivity index (χ3v) is 3.58. The first-order valence-electron chi connectivity index (χ1n) is 6.53. The quantitative estimate of drug-likeness (QED) is 0.860. The van der Waals surface area contributed by atoms with Crippen molar-refractivity contribution in [2.24, 2.45) is 0 Å². The average Bonchev–Trinajstić information content (AvgIpc) is 2.62. The summed E-state index contributed by atoms with van der Waals surface area (Å²) in [5, 5.41) is 0.935. The van der Waals surface area contributed by atoms with Crippen LogP contribution >= 0.6 is 23.2 Å². The first-order chi connectivity index (χ1) is 9.56. The van der Waals surface area contributed by atoms with Crippen LogP contribution in [0.25, 0.3) is 0 Å². The first-order valence-corrected chi connectivity index (χ1v) is 7.29. The van der Waals surface area contributed by atoms with Gasteiger partial charge in [0.15, 0.2) is 6.61 Å². The molecule has 1 saturated heterocycles. The largest absolute Gasteiger partial charge is 0.482 e. The van der Waals surface area contributed by atoms with Gasteiger partial charge < -0.3 is 14.4 Å². The minimum Gasteiger partial charge on any atom is -0.482 e. The van der Waals surface area contributed by atoms with Gasteiger partial charge in [-0.3, -0.25) is 4.79 Å². The summed E-state index contributed by atoms with van der Waals surface area (Å²) in [6.45, 7) is 3.91. The number of rotatable bonds is 3. The molecule has 1 unspecified atom stereocenters. The minimum atomic E-state index is -0.0617. The summed E-state index contributed by atoms with van der Waals surface area (Å²) in [6.07, 6.45) is 0.901. The highest BCUT2D eigenvalue weighted by molar-refractivity contribution is 6.35. The number of carbonyl (C=O) groups excluding carboxylic acids is 1. The van der Waals surface area contributed by atoms with Gasteiger partial charge >= 0.3 is 0 Å². The van der Waals surface area contributed by atoms with Crippen LogP contribution in [0.5, 0.6) is 5.75 Å². The van der Waals surface area contributed by atoms with Crippen LogP contribution in [0, 0.1) is 0 Å². The first kappa shape index (κ1) is 15.4. The van der Waals surface area contributed by atoms with Crippen molar-refractivity contribution in [3.05, 3.63) is 28.2 Å². The summed E-state index contributed by atoms with van der Waals surface area (Å²) < 4.78 is 11.0. The van der Waals surface area contributed by atoms with E-state index in [1.165, 1.54) is 0 Å². The lowest BCUT2D eigenvalue weighted by Crippen LogP contribution is -2.38. The van der Waals surface area contributed by atoms with Gasteiger partial charge in [-0.1, -0.05) is 23.2 Å². The fourth-order valence-corrected chi connectivity index (χ4v) is 2.51. The maximum atomic E-state index is 12.1. The van der Waals surface area contributed by atoms with E-state index in [1.54, 1.807) is 23.1 Å². The van der Waals surface area contributed by atoms with E-state index in [2.05, 4.69) is 0 Å².